The summed E-state index contributed by atoms with van der Waals surface area (Å²) in [7, 11) is -3.72. The summed E-state index contributed by atoms with van der Waals surface area (Å²) in [6.07, 6.45) is 0.504. The zero-order valence-corrected chi connectivity index (χ0v) is 16.5. The van der Waals surface area contributed by atoms with E-state index in [0.717, 1.165) is 10.0 Å². The number of rotatable bonds is 6. The molecule has 0 aliphatic heterocycles. The summed E-state index contributed by atoms with van der Waals surface area (Å²) in [5.74, 6) is 0.216. The zero-order chi connectivity index (χ0) is 15.6. The maximum Gasteiger partial charge on any atom is 0.242 e. The van der Waals surface area contributed by atoms with Crippen LogP contribution in [0.25, 0.3) is 0 Å². The SMILES string of the molecule is CCC(CCl)(CCl)NS(=O)(=O)c1cc(Br)c(C)cc1Br. The van der Waals surface area contributed by atoms with E-state index in [0.29, 0.717) is 10.9 Å². The highest BCUT2D eigenvalue weighted by Crippen LogP contribution is 2.30. The van der Waals surface area contributed by atoms with E-state index in [2.05, 4.69) is 36.6 Å². The fourth-order valence-electron chi connectivity index (χ4n) is 1.53. The second-order valence-corrected chi connectivity index (χ2v) is 8.43. The van der Waals surface area contributed by atoms with Crippen LogP contribution in [0.5, 0.6) is 0 Å². The molecule has 114 valence electrons. The molecule has 1 N–H and O–H groups in total. The average molecular weight is 468 g/mol. The molecule has 1 aromatic rings. The van der Waals surface area contributed by atoms with Crippen molar-refractivity contribution in [1.82, 2.24) is 4.72 Å². The van der Waals surface area contributed by atoms with Gasteiger partial charge in [0.05, 0.1) is 10.4 Å². The molecule has 0 aromatic heterocycles. The highest BCUT2D eigenvalue weighted by molar-refractivity contribution is 9.11. The number of aryl methyl sites for hydroxylation is 1. The van der Waals surface area contributed by atoms with Crippen LogP contribution in [0, 0.1) is 6.92 Å². The van der Waals surface area contributed by atoms with Gasteiger partial charge in [0.2, 0.25) is 10.0 Å². The Balaban J connectivity index is 3.28. The van der Waals surface area contributed by atoms with Gasteiger partial charge in [-0.15, -0.1) is 23.2 Å². The first-order chi connectivity index (χ1) is 9.21. The molecule has 20 heavy (non-hydrogen) atoms. The van der Waals surface area contributed by atoms with Crippen molar-refractivity contribution in [3.05, 3.63) is 26.6 Å². The molecule has 0 saturated heterocycles. The number of halogens is 4. The van der Waals surface area contributed by atoms with Crippen LogP contribution in [0.3, 0.4) is 0 Å². The molecule has 0 aliphatic rings. The molecule has 0 aliphatic carbocycles. The number of nitrogens with one attached hydrogen (secondary N) is 1. The predicted octanol–water partition coefficient (Wildman–Crippen LogP) is 4.42. The van der Waals surface area contributed by atoms with Gasteiger partial charge in [-0.1, -0.05) is 22.9 Å². The quantitative estimate of drug-likeness (QED) is 0.629. The molecule has 0 amide bonds. The molecule has 0 unspecified atom stereocenters. The molecular formula is C12H15Br2Cl2NO2S. The fourth-order valence-corrected chi connectivity index (χ4v) is 5.63. The Morgan fingerprint density at radius 3 is 2.20 bits per heavy atom. The van der Waals surface area contributed by atoms with Crippen molar-refractivity contribution in [2.75, 3.05) is 11.8 Å². The summed E-state index contributed by atoms with van der Waals surface area (Å²) < 4.78 is 28.9. The van der Waals surface area contributed by atoms with Crippen molar-refractivity contribution in [2.45, 2.75) is 30.7 Å². The second-order valence-electron chi connectivity index (χ2n) is 4.54. The summed E-state index contributed by atoms with van der Waals surface area (Å²) in [6.45, 7) is 3.72. The van der Waals surface area contributed by atoms with Gasteiger partial charge < -0.3 is 0 Å². The van der Waals surface area contributed by atoms with Gasteiger partial charge in [-0.2, -0.15) is 0 Å². The lowest BCUT2D eigenvalue weighted by Crippen LogP contribution is -2.51. The summed E-state index contributed by atoms with van der Waals surface area (Å²) >= 11 is 18.4. The van der Waals surface area contributed by atoms with Crippen LogP contribution in [0.4, 0.5) is 0 Å². The molecule has 0 fully saturated rings. The first-order valence-corrected chi connectivity index (χ1v) is 9.96. The van der Waals surface area contributed by atoms with Crippen molar-refractivity contribution in [3.63, 3.8) is 0 Å². The molecule has 0 spiro atoms. The number of hydrogen-bond acceptors (Lipinski definition) is 2. The fraction of sp³-hybridized carbons (Fsp3) is 0.500. The minimum Gasteiger partial charge on any atom is -0.207 e. The first kappa shape index (κ1) is 18.7. The lowest BCUT2D eigenvalue weighted by Gasteiger charge is -2.29. The van der Waals surface area contributed by atoms with Crippen LogP contribution in [0.1, 0.15) is 18.9 Å². The third kappa shape index (κ3) is 4.11. The Morgan fingerprint density at radius 2 is 1.75 bits per heavy atom. The molecule has 0 radical (unpaired) electrons. The van der Waals surface area contributed by atoms with E-state index in [-0.39, 0.29) is 16.7 Å². The number of hydrogen-bond donors (Lipinski definition) is 1. The standard InChI is InChI=1S/C12H15Br2Cl2NO2S/c1-3-12(6-15,7-16)17-20(18,19)11-5-9(13)8(2)4-10(11)14/h4-5,17H,3,6-7H2,1-2H3. The van der Waals surface area contributed by atoms with Gasteiger partial charge in [-0.25, -0.2) is 13.1 Å². The second kappa shape index (κ2) is 7.29. The van der Waals surface area contributed by atoms with Gasteiger partial charge >= 0.3 is 0 Å². The Labute approximate surface area is 146 Å². The van der Waals surface area contributed by atoms with Gasteiger partial charge in [0.15, 0.2) is 0 Å². The Kier molecular flexibility index (Phi) is 6.82. The summed E-state index contributed by atoms with van der Waals surface area (Å²) in [5, 5.41) is 0. The maximum atomic E-state index is 12.5. The molecule has 0 heterocycles. The minimum absolute atomic E-state index is 0.108. The van der Waals surface area contributed by atoms with Crippen LogP contribution in [0.2, 0.25) is 0 Å². The first-order valence-electron chi connectivity index (χ1n) is 5.83. The molecule has 3 nitrogen and oxygen atoms in total. The summed E-state index contributed by atoms with van der Waals surface area (Å²) in [4.78, 5) is 0.156. The maximum absolute atomic E-state index is 12.5. The zero-order valence-electron chi connectivity index (χ0n) is 11.0. The lowest BCUT2D eigenvalue weighted by molar-refractivity contribution is 0.449. The Bertz CT molecular complexity index is 581. The van der Waals surface area contributed by atoms with Gasteiger partial charge in [-0.05, 0) is 47.0 Å². The van der Waals surface area contributed by atoms with Crippen LogP contribution < -0.4 is 4.72 Å². The third-order valence-electron chi connectivity index (χ3n) is 3.04. The van der Waals surface area contributed by atoms with E-state index < -0.39 is 15.6 Å². The van der Waals surface area contributed by atoms with Crippen LogP contribution in [-0.2, 0) is 10.0 Å². The lowest BCUT2D eigenvalue weighted by atomic mass is 10.0. The van der Waals surface area contributed by atoms with Crippen molar-refractivity contribution in [2.24, 2.45) is 0 Å². The molecule has 0 bridgehead atoms. The molecule has 1 aromatic carbocycles. The normalized spacial score (nSPS) is 12.7. The van der Waals surface area contributed by atoms with Crippen molar-refractivity contribution in [1.29, 1.82) is 0 Å². The van der Waals surface area contributed by atoms with Crippen molar-refractivity contribution < 1.29 is 8.42 Å². The van der Waals surface area contributed by atoms with Crippen molar-refractivity contribution >= 4 is 65.1 Å². The van der Waals surface area contributed by atoms with Crippen LogP contribution in [-0.4, -0.2) is 25.7 Å². The Hall–Kier alpha value is 0.670. The monoisotopic (exact) mass is 465 g/mol. The van der Waals surface area contributed by atoms with E-state index in [1.54, 1.807) is 12.1 Å². The van der Waals surface area contributed by atoms with Gasteiger partial charge in [0.25, 0.3) is 0 Å². The molecule has 8 heteroatoms. The highest BCUT2D eigenvalue weighted by Gasteiger charge is 2.33. The number of alkyl halides is 2. The number of sulfonamides is 1. The van der Waals surface area contributed by atoms with E-state index >= 15 is 0 Å². The number of benzene rings is 1. The average Bonchev–Trinajstić information content (AvgIpc) is 2.40. The smallest absolute Gasteiger partial charge is 0.207 e. The highest BCUT2D eigenvalue weighted by atomic mass is 79.9. The summed E-state index contributed by atoms with van der Waals surface area (Å²) in [6, 6.07) is 3.30. The Morgan fingerprint density at radius 1 is 1.20 bits per heavy atom. The summed E-state index contributed by atoms with van der Waals surface area (Å²) in [5.41, 5.74) is 0.0888. The molecular weight excluding hydrogens is 453 g/mol. The van der Waals surface area contributed by atoms with Gasteiger partial charge in [0, 0.05) is 20.7 Å². The van der Waals surface area contributed by atoms with E-state index in [1.165, 1.54) is 0 Å². The predicted molar refractivity (Wildman–Crippen MR) is 91.4 cm³/mol. The molecule has 1 rings (SSSR count). The van der Waals surface area contributed by atoms with Crippen molar-refractivity contribution in [3.8, 4) is 0 Å². The van der Waals surface area contributed by atoms with Gasteiger partial charge in [0.1, 0.15) is 0 Å². The molecule has 0 atom stereocenters. The topological polar surface area (TPSA) is 46.2 Å². The largest absolute Gasteiger partial charge is 0.242 e. The van der Waals surface area contributed by atoms with Crippen LogP contribution in [0.15, 0.2) is 26.0 Å². The third-order valence-corrected chi connectivity index (χ3v) is 7.46. The van der Waals surface area contributed by atoms with E-state index in [4.69, 9.17) is 23.2 Å². The van der Waals surface area contributed by atoms with Crippen LogP contribution >= 0.6 is 55.1 Å². The van der Waals surface area contributed by atoms with E-state index in [1.807, 2.05) is 13.8 Å². The molecule has 0 saturated carbocycles. The van der Waals surface area contributed by atoms with E-state index in [9.17, 15) is 8.42 Å². The van der Waals surface area contributed by atoms with Gasteiger partial charge in [-0.3, -0.25) is 0 Å². The minimum atomic E-state index is -3.72.